The summed E-state index contributed by atoms with van der Waals surface area (Å²) in [4.78, 5) is 0. The molecule has 0 radical (unpaired) electrons. The molecule has 1 fully saturated rings. The topological polar surface area (TPSA) is 33.0 Å². The summed E-state index contributed by atoms with van der Waals surface area (Å²) in [6, 6.07) is 2.20. The summed E-state index contributed by atoms with van der Waals surface area (Å²) in [5, 5.41) is 8.48. The van der Waals surface area contributed by atoms with Crippen LogP contribution in [0.25, 0.3) is 0 Å². The van der Waals surface area contributed by atoms with Crippen molar-refractivity contribution in [2.24, 2.45) is 5.41 Å². The van der Waals surface area contributed by atoms with Crippen molar-refractivity contribution in [3.8, 4) is 6.07 Å². The highest BCUT2D eigenvalue weighted by molar-refractivity contribution is 4.86. The van der Waals surface area contributed by atoms with Gasteiger partial charge in [-0.1, -0.05) is 6.92 Å². The first-order chi connectivity index (χ1) is 4.77. The van der Waals surface area contributed by atoms with E-state index in [1.54, 1.807) is 0 Å². The third-order valence-electron chi connectivity index (χ3n) is 2.03. The van der Waals surface area contributed by atoms with E-state index < -0.39 is 0 Å². The average molecular weight is 139 g/mol. The Kier molecular flexibility index (Phi) is 2.29. The minimum Gasteiger partial charge on any atom is -0.381 e. The van der Waals surface area contributed by atoms with Gasteiger partial charge in [0.1, 0.15) is 0 Å². The smallest absolute Gasteiger partial charge is 0.0628 e. The maximum Gasteiger partial charge on any atom is 0.0628 e. The van der Waals surface area contributed by atoms with Crippen molar-refractivity contribution >= 4 is 0 Å². The van der Waals surface area contributed by atoms with Crippen LogP contribution in [-0.2, 0) is 4.74 Å². The van der Waals surface area contributed by atoms with Crippen molar-refractivity contribution in [3.05, 3.63) is 0 Å². The van der Waals surface area contributed by atoms with Crippen LogP contribution in [0.2, 0.25) is 0 Å². The van der Waals surface area contributed by atoms with Crippen molar-refractivity contribution in [3.63, 3.8) is 0 Å². The van der Waals surface area contributed by atoms with E-state index in [0.717, 1.165) is 26.1 Å². The zero-order chi connectivity index (χ0) is 7.45. The number of nitriles is 1. The van der Waals surface area contributed by atoms with Crippen LogP contribution in [0.15, 0.2) is 0 Å². The van der Waals surface area contributed by atoms with Gasteiger partial charge in [-0.05, 0) is 12.8 Å². The molecule has 56 valence electrons. The van der Waals surface area contributed by atoms with Crippen LogP contribution in [0, 0.1) is 16.7 Å². The Morgan fingerprint density at radius 2 is 2.50 bits per heavy atom. The van der Waals surface area contributed by atoms with Gasteiger partial charge >= 0.3 is 0 Å². The molecule has 1 aliphatic rings. The van der Waals surface area contributed by atoms with Crippen LogP contribution in [0.1, 0.15) is 26.2 Å². The van der Waals surface area contributed by atoms with Gasteiger partial charge in [0.2, 0.25) is 0 Å². The first-order valence-electron chi connectivity index (χ1n) is 3.72. The lowest BCUT2D eigenvalue weighted by molar-refractivity contribution is 0.00509. The molecule has 0 aromatic heterocycles. The maximum absolute atomic E-state index is 8.48. The Hall–Kier alpha value is -0.550. The van der Waals surface area contributed by atoms with E-state index in [1.807, 2.05) is 0 Å². The van der Waals surface area contributed by atoms with E-state index >= 15 is 0 Å². The summed E-state index contributed by atoms with van der Waals surface area (Å²) >= 11 is 0. The molecular weight excluding hydrogens is 126 g/mol. The SMILES string of the molecule is CC1(CC#N)CCCOC1. The summed E-state index contributed by atoms with van der Waals surface area (Å²) in [5.41, 5.74) is 0.146. The van der Waals surface area contributed by atoms with E-state index in [0.29, 0.717) is 6.42 Å². The van der Waals surface area contributed by atoms with Crippen LogP contribution < -0.4 is 0 Å². The Balaban J connectivity index is 2.42. The molecule has 0 amide bonds. The molecular formula is C8H13NO. The molecule has 1 atom stereocenters. The fourth-order valence-electron chi connectivity index (χ4n) is 1.32. The van der Waals surface area contributed by atoms with Crippen molar-refractivity contribution in [1.29, 1.82) is 5.26 Å². The third kappa shape index (κ3) is 1.71. The zero-order valence-corrected chi connectivity index (χ0v) is 6.39. The zero-order valence-electron chi connectivity index (χ0n) is 6.39. The van der Waals surface area contributed by atoms with Gasteiger partial charge in [0.05, 0.1) is 12.7 Å². The highest BCUT2D eigenvalue weighted by atomic mass is 16.5. The molecule has 1 rings (SSSR count). The largest absolute Gasteiger partial charge is 0.381 e. The molecule has 1 aliphatic heterocycles. The molecule has 0 aliphatic carbocycles. The van der Waals surface area contributed by atoms with Crippen molar-refractivity contribution in [2.75, 3.05) is 13.2 Å². The summed E-state index contributed by atoms with van der Waals surface area (Å²) < 4.78 is 5.29. The van der Waals surface area contributed by atoms with Crippen LogP contribution >= 0.6 is 0 Å². The van der Waals surface area contributed by atoms with Gasteiger partial charge in [0.25, 0.3) is 0 Å². The molecule has 0 bridgehead atoms. The maximum atomic E-state index is 8.48. The van der Waals surface area contributed by atoms with Crippen molar-refractivity contribution in [2.45, 2.75) is 26.2 Å². The van der Waals surface area contributed by atoms with Gasteiger partial charge in [-0.2, -0.15) is 5.26 Å². The molecule has 0 saturated carbocycles. The highest BCUT2D eigenvalue weighted by Crippen LogP contribution is 2.30. The molecule has 2 heteroatoms. The van der Waals surface area contributed by atoms with E-state index in [2.05, 4.69) is 13.0 Å². The minimum atomic E-state index is 0.146. The first kappa shape index (κ1) is 7.56. The summed E-state index contributed by atoms with van der Waals surface area (Å²) in [5.74, 6) is 0. The van der Waals surface area contributed by atoms with Crippen LogP contribution in [0.3, 0.4) is 0 Å². The van der Waals surface area contributed by atoms with Gasteiger partial charge in [0.15, 0.2) is 0 Å². The summed E-state index contributed by atoms with van der Waals surface area (Å²) in [7, 11) is 0. The van der Waals surface area contributed by atoms with Crippen LogP contribution in [0.4, 0.5) is 0 Å². The quantitative estimate of drug-likeness (QED) is 0.554. The predicted molar refractivity (Wildman–Crippen MR) is 38.4 cm³/mol. The molecule has 1 unspecified atom stereocenters. The number of rotatable bonds is 1. The molecule has 0 aromatic carbocycles. The van der Waals surface area contributed by atoms with Gasteiger partial charge < -0.3 is 4.74 Å². The lowest BCUT2D eigenvalue weighted by atomic mass is 9.82. The Morgan fingerprint density at radius 1 is 1.70 bits per heavy atom. The summed E-state index contributed by atoms with van der Waals surface area (Å²) in [6.07, 6.45) is 2.88. The fraction of sp³-hybridized carbons (Fsp3) is 0.875. The molecule has 0 N–H and O–H groups in total. The second kappa shape index (κ2) is 3.03. The Labute approximate surface area is 61.8 Å². The lowest BCUT2D eigenvalue weighted by Gasteiger charge is -2.30. The van der Waals surface area contributed by atoms with Crippen LogP contribution in [0.5, 0.6) is 0 Å². The Bertz CT molecular complexity index is 142. The molecule has 1 heterocycles. The van der Waals surface area contributed by atoms with E-state index in [-0.39, 0.29) is 5.41 Å². The Morgan fingerprint density at radius 3 is 3.00 bits per heavy atom. The van der Waals surface area contributed by atoms with Crippen molar-refractivity contribution < 1.29 is 4.74 Å². The van der Waals surface area contributed by atoms with Gasteiger partial charge in [-0.15, -0.1) is 0 Å². The van der Waals surface area contributed by atoms with Gasteiger partial charge in [-0.25, -0.2) is 0 Å². The van der Waals surface area contributed by atoms with Crippen LogP contribution in [-0.4, -0.2) is 13.2 Å². The van der Waals surface area contributed by atoms with Gasteiger partial charge in [0, 0.05) is 18.4 Å². The second-order valence-corrected chi connectivity index (χ2v) is 3.30. The number of hydrogen-bond acceptors (Lipinski definition) is 2. The monoisotopic (exact) mass is 139 g/mol. The predicted octanol–water partition coefficient (Wildman–Crippen LogP) is 1.72. The number of nitrogens with zero attached hydrogens (tertiary/aromatic N) is 1. The standard InChI is InChI=1S/C8H13NO/c1-8(4-5-9)3-2-6-10-7-8/h2-4,6-7H2,1H3. The molecule has 2 nitrogen and oxygen atoms in total. The van der Waals surface area contributed by atoms with Crippen molar-refractivity contribution in [1.82, 2.24) is 0 Å². The van der Waals surface area contributed by atoms with E-state index in [1.165, 1.54) is 0 Å². The minimum absolute atomic E-state index is 0.146. The number of ether oxygens (including phenoxy) is 1. The normalized spacial score (nSPS) is 33.2. The number of hydrogen-bond donors (Lipinski definition) is 0. The summed E-state index contributed by atoms with van der Waals surface area (Å²) in [6.45, 7) is 3.76. The third-order valence-corrected chi connectivity index (χ3v) is 2.03. The van der Waals surface area contributed by atoms with E-state index in [4.69, 9.17) is 10.00 Å². The molecule has 0 spiro atoms. The average Bonchev–Trinajstić information content (AvgIpc) is 1.89. The molecule has 1 saturated heterocycles. The molecule has 0 aromatic rings. The lowest BCUT2D eigenvalue weighted by Crippen LogP contribution is -2.28. The van der Waals surface area contributed by atoms with E-state index in [9.17, 15) is 0 Å². The fourth-order valence-corrected chi connectivity index (χ4v) is 1.32. The van der Waals surface area contributed by atoms with Gasteiger partial charge in [-0.3, -0.25) is 0 Å². The highest BCUT2D eigenvalue weighted by Gasteiger charge is 2.26. The second-order valence-electron chi connectivity index (χ2n) is 3.30. The molecule has 10 heavy (non-hydrogen) atoms. The first-order valence-corrected chi connectivity index (χ1v) is 3.72.